The fourth-order valence-electron chi connectivity index (χ4n) is 4.10. The lowest BCUT2D eigenvalue weighted by molar-refractivity contribution is -0.137. The largest absolute Gasteiger partial charge is 0.421 e. The molecule has 1 aromatic heterocycles. The van der Waals surface area contributed by atoms with E-state index in [0.717, 1.165) is 37.8 Å². The molecule has 2 fully saturated rings. The summed E-state index contributed by atoms with van der Waals surface area (Å²) in [4.78, 5) is 23.7. The molecule has 0 bridgehead atoms. The van der Waals surface area contributed by atoms with Crippen LogP contribution in [0.4, 0.5) is 36.3 Å². The first-order chi connectivity index (χ1) is 16.8. The van der Waals surface area contributed by atoms with Crippen molar-refractivity contribution in [2.24, 2.45) is 0 Å². The number of ether oxygens (including phenoxy) is 1. The summed E-state index contributed by atoms with van der Waals surface area (Å²) in [6.07, 6.45) is -0.982. The van der Waals surface area contributed by atoms with Crippen molar-refractivity contribution in [2.45, 2.75) is 31.9 Å². The van der Waals surface area contributed by atoms with Crippen molar-refractivity contribution in [3.05, 3.63) is 35.0 Å². The van der Waals surface area contributed by atoms with Crippen LogP contribution in [-0.2, 0) is 15.7 Å². The lowest BCUT2D eigenvalue weighted by Gasteiger charge is -2.29. The van der Waals surface area contributed by atoms with Gasteiger partial charge in [0, 0.05) is 51.0 Å². The number of piperidine rings is 1. The van der Waals surface area contributed by atoms with Gasteiger partial charge in [0.1, 0.15) is 11.4 Å². The first kappa shape index (κ1) is 25.3. The van der Waals surface area contributed by atoms with Crippen LogP contribution in [0.5, 0.6) is 0 Å². The number of alkyl halides is 3. The van der Waals surface area contributed by atoms with Crippen LogP contribution in [-0.4, -0.2) is 66.7 Å². The molecule has 8 nitrogen and oxygen atoms in total. The Morgan fingerprint density at radius 1 is 1.14 bits per heavy atom. The lowest BCUT2D eigenvalue weighted by atomic mass is 10.1. The van der Waals surface area contributed by atoms with E-state index < -0.39 is 11.7 Å². The highest BCUT2D eigenvalue weighted by molar-refractivity contribution is 6.33. The van der Waals surface area contributed by atoms with Gasteiger partial charge in [-0.1, -0.05) is 11.6 Å². The predicted octanol–water partition coefficient (Wildman–Crippen LogP) is 4.54. The van der Waals surface area contributed by atoms with Crippen LogP contribution in [0.25, 0.3) is 0 Å². The maximum atomic E-state index is 13.5. The van der Waals surface area contributed by atoms with E-state index in [1.54, 1.807) is 17.0 Å². The molecule has 0 spiro atoms. The Kier molecular flexibility index (Phi) is 8.17. The quantitative estimate of drug-likeness (QED) is 0.502. The third kappa shape index (κ3) is 6.66. The number of carbonyl (C=O) groups excluding carboxylic acids is 1. The Bertz CT molecular complexity index is 1030. The number of morpholine rings is 1. The summed E-state index contributed by atoms with van der Waals surface area (Å²) < 4.78 is 45.9. The van der Waals surface area contributed by atoms with Gasteiger partial charge in [-0.3, -0.25) is 4.79 Å². The second-order valence-corrected chi connectivity index (χ2v) is 8.87. The number of amides is 1. The minimum Gasteiger partial charge on any atom is -0.378 e. The summed E-state index contributed by atoms with van der Waals surface area (Å²) in [5.41, 5.74) is 0.468. The number of nitrogens with zero attached hydrogens (tertiary/aromatic N) is 4. The molecule has 2 saturated heterocycles. The molecule has 0 aliphatic carbocycles. The average molecular weight is 513 g/mol. The molecular formula is C23H28ClF3N6O2. The molecule has 12 heteroatoms. The van der Waals surface area contributed by atoms with E-state index in [4.69, 9.17) is 16.3 Å². The summed E-state index contributed by atoms with van der Waals surface area (Å²) in [6.45, 7) is 4.21. The minimum absolute atomic E-state index is 0.00673. The number of anilines is 4. The number of carbonyl (C=O) groups is 1. The van der Waals surface area contributed by atoms with Crippen molar-refractivity contribution in [1.82, 2.24) is 14.9 Å². The Balaban J connectivity index is 1.42. The molecule has 2 N–H and O–H groups in total. The van der Waals surface area contributed by atoms with Crippen molar-refractivity contribution in [3.8, 4) is 0 Å². The van der Waals surface area contributed by atoms with E-state index in [1.807, 2.05) is 6.07 Å². The lowest BCUT2D eigenvalue weighted by Crippen LogP contribution is -2.36. The van der Waals surface area contributed by atoms with E-state index in [0.29, 0.717) is 49.9 Å². The summed E-state index contributed by atoms with van der Waals surface area (Å²) in [6, 6.07) is 5.42. The first-order valence-electron chi connectivity index (χ1n) is 11.7. The van der Waals surface area contributed by atoms with Crippen molar-refractivity contribution in [3.63, 3.8) is 0 Å². The normalized spacial score (nSPS) is 17.0. The summed E-state index contributed by atoms with van der Waals surface area (Å²) in [5, 5.41) is 6.08. The van der Waals surface area contributed by atoms with Gasteiger partial charge >= 0.3 is 6.18 Å². The van der Waals surface area contributed by atoms with Crippen LogP contribution in [0.1, 0.15) is 31.2 Å². The van der Waals surface area contributed by atoms with Crippen molar-refractivity contribution in [2.75, 3.05) is 61.5 Å². The second-order valence-electron chi connectivity index (χ2n) is 8.46. The molecule has 0 unspecified atom stereocenters. The zero-order valence-corrected chi connectivity index (χ0v) is 20.0. The van der Waals surface area contributed by atoms with Gasteiger partial charge in [-0.25, -0.2) is 4.98 Å². The summed E-state index contributed by atoms with van der Waals surface area (Å²) >= 11 is 6.43. The molecule has 3 heterocycles. The fourth-order valence-corrected chi connectivity index (χ4v) is 4.33. The zero-order chi connectivity index (χ0) is 24.8. The number of hydrogen-bond donors (Lipinski definition) is 2. The van der Waals surface area contributed by atoms with E-state index in [-0.39, 0.29) is 24.2 Å². The second kappa shape index (κ2) is 11.3. The summed E-state index contributed by atoms with van der Waals surface area (Å²) in [7, 11) is 0. The highest BCUT2D eigenvalue weighted by Crippen LogP contribution is 2.35. The molecular weight excluding hydrogens is 485 g/mol. The highest BCUT2D eigenvalue weighted by atomic mass is 35.5. The number of rotatable bonds is 8. The van der Waals surface area contributed by atoms with Gasteiger partial charge in [0.15, 0.2) is 0 Å². The topological polar surface area (TPSA) is 82.6 Å². The predicted molar refractivity (Wildman–Crippen MR) is 128 cm³/mol. The molecule has 0 atom stereocenters. The molecule has 0 radical (unpaired) electrons. The Morgan fingerprint density at radius 2 is 1.94 bits per heavy atom. The maximum Gasteiger partial charge on any atom is 0.421 e. The number of halogens is 4. The minimum atomic E-state index is -4.61. The van der Waals surface area contributed by atoms with Gasteiger partial charge in [0.25, 0.3) is 0 Å². The zero-order valence-electron chi connectivity index (χ0n) is 19.2. The van der Waals surface area contributed by atoms with Gasteiger partial charge in [0.2, 0.25) is 11.9 Å². The van der Waals surface area contributed by atoms with Gasteiger partial charge in [-0.15, -0.1) is 0 Å². The smallest absolute Gasteiger partial charge is 0.378 e. The molecule has 2 aromatic rings. The van der Waals surface area contributed by atoms with Crippen molar-refractivity contribution >= 4 is 40.6 Å². The average Bonchev–Trinajstić information content (AvgIpc) is 2.84. The van der Waals surface area contributed by atoms with Gasteiger partial charge in [-0.05, 0) is 37.5 Å². The molecule has 35 heavy (non-hydrogen) atoms. The van der Waals surface area contributed by atoms with E-state index >= 15 is 0 Å². The number of hydrogen-bond acceptors (Lipinski definition) is 7. The van der Waals surface area contributed by atoms with E-state index in [2.05, 4.69) is 25.5 Å². The number of benzene rings is 1. The van der Waals surface area contributed by atoms with Crippen LogP contribution in [0.15, 0.2) is 24.4 Å². The van der Waals surface area contributed by atoms with E-state index in [9.17, 15) is 18.0 Å². The van der Waals surface area contributed by atoms with Gasteiger partial charge < -0.3 is 25.2 Å². The Hall–Kier alpha value is -2.79. The van der Waals surface area contributed by atoms with Gasteiger partial charge in [-0.2, -0.15) is 18.2 Å². The number of nitrogens with one attached hydrogen (secondary N) is 2. The molecule has 2 aliphatic rings. The van der Waals surface area contributed by atoms with Crippen LogP contribution >= 0.6 is 11.6 Å². The van der Waals surface area contributed by atoms with Crippen LogP contribution in [0.3, 0.4) is 0 Å². The number of likely N-dealkylation sites (tertiary alicyclic amines) is 1. The SMILES string of the molecule is O=C1CCCCN1CCCNc1nc(Nc2ccc(N3CCOCC3)cc2Cl)ncc1C(F)(F)F. The monoisotopic (exact) mass is 512 g/mol. The Labute approximate surface area is 206 Å². The molecule has 1 aromatic carbocycles. The van der Waals surface area contributed by atoms with Crippen LogP contribution < -0.4 is 15.5 Å². The standard InChI is InChI=1S/C23H28ClF3N6O2/c24-18-14-16(32-10-12-35-13-11-32)5-6-19(18)30-22-29-15-17(23(25,26)27)21(31-22)28-7-3-9-33-8-2-1-4-20(33)34/h5-6,14-15H,1-4,7-13H2,(H2,28,29,30,31). The van der Waals surface area contributed by atoms with E-state index in [1.165, 1.54) is 0 Å². The fraction of sp³-hybridized carbons (Fsp3) is 0.522. The molecule has 2 aliphatic heterocycles. The molecule has 1 amide bonds. The maximum absolute atomic E-state index is 13.5. The molecule has 0 saturated carbocycles. The third-order valence-electron chi connectivity index (χ3n) is 5.99. The van der Waals surface area contributed by atoms with Crippen LogP contribution in [0, 0.1) is 0 Å². The number of aromatic nitrogens is 2. The summed E-state index contributed by atoms with van der Waals surface area (Å²) in [5.74, 6) is -0.231. The van der Waals surface area contributed by atoms with Crippen molar-refractivity contribution in [1.29, 1.82) is 0 Å². The first-order valence-corrected chi connectivity index (χ1v) is 12.0. The third-order valence-corrected chi connectivity index (χ3v) is 6.30. The molecule has 190 valence electrons. The van der Waals surface area contributed by atoms with Crippen LogP contribution in [0.2, 0.25) is 5.02 Å². The highest BCUT2D eigenvalue weighted by Gasteiger charge is 2.35. The molecule has 4 rings (SSSR count). The van der Waals surface area contributed by atoms with Gasteiger partial charge in [0.05, 0.1) is 23.9 Å². The van der Waals surface area contributed by atoms with Crippen molar-refractivity contribution < 1.29 is 22.7 Å². The Morgan fingerprint density at radius 3 is 2.66 bits per heavy atom.